The van der Waals surface area contributed by atoms with Gasteiger partial charge in [-0.25, -0.2) is 9.97 Å². The van der Waals surface area contributed by atoms with E-state index in [9.17, 15) is 4.79 Å². The van der Waals surface area contributed by atoms with Gasteiger partial charge in [0.05, 0.1) is 0 Å². The predicted octanol–water partition coefficient (Wildman–Crippen LogP) is 0.288. The first-order valence-corrected chi connectivity index (χ1v) is 4.76. The van der Waals surface area contributed by atoms with Crippen LogP contribution in [0.5, 0.6) is 0 Å². The second kappa shape index (κ2) is 4.44. The number of nitrogens with zero attached hydrogens (tertiary/aromatic N) is 3. The van der Waals surface area contributed by atoms with E-state index >= 15 is 0 Å². The number of rotatable bonds is 2. The van der Waals surface area contributed by atoms with Gasteiger partial charge in [-0.3, -0.25) is 10.1 Å². The molecule has 7 heteroatoms. The zero-order chi connectivity index (χ0) is 12.3. The summed E-state index contributed by atoms with van der Waals surface area (Å²) >= 11 is 0. The van der Waals surface area contributed by atoms with E-state index in [1.54, 1.807) is 24.3 Å². The summed E-state index contributed by atoms with van der Waals surface area (Å²) in [7, 11) is 0. The van der Waals surface area contributed by atoms with Gasteiger partial charge in [0.25, 0.3) is 5.91 Å². The van der Waals surface area contributed by atoms with Crippen LogP contribution in [0, 0.1) is 0 Å². The molecule has 0 aliphatic carbocycles. The number of anilines is 3. The summed E-state index contributed by atoms with van der Waals surface area (Å²) in [6.07, 6.45) is 1.22. The highest BCUT2D eigenvalue weighted by atomic mass is 16.1. The molecule has 2 rings (SSSR count). The number of nitrogen functional groups attached to an aromatic ring is 2. The number of benzene rings is 1. The monoisotopic (exact) mass is 230 g/mol. The largest absolute Gasteiger partial charge is 0.399 e. The topological polar surface area (TPSA) is 120 Å². The van der Waals surface area contributed by atoms with Gasteiger partial charge in [-0.1, -0.05) is 0 Å². The molecule has 86 valence electrons. The fraction of sp³-hybridized carbons (Fsp3) is 0. The van der Waals surface area contributed by atoms with Gasteiger partial charge >= 0.3 is 0 Å². The number of carbonyl (C=O) groups excluding carboxylic acids is 1. The Hall–Kier alpha value is -2.70. The lowest BCUT2D eigenvalue weighted by Gasteiger charge is -2.03. The third-order valence-electron chi connectivity index (χ3n) is 1.99. The summed E-state index contributed by atoms with van der Waals surface area (Å²) in [6, 6.07) is 6.48. The Morgan fingerprint density at radius 2 is 1.82 bits per heavy atom. The van der Waals surface area contributed by atoms with Crippen LogP contribution in [0.2, 0.25) is 0 Å². The van der Waals surface area contributed by atoms with Crippen LogP contribution in [0.15, 0.2) is 30.6 Å². The van der Waals surface area contributed by atoms with Crippen LogP contribution in [0.1, 0.15) is 10.4 Å². The molecule has 0 saturated heterocycles. The SMILES string of the molecule is Nc1ccc(C(=O)Nc2ncnc(N)n2)cc1. The summed E-state index contributed by atoms with van der Waals surface area (Å²) in [5.41, 5.74) is 11.9. The van der Waals surface area contributed by atoms with Crippen LogP contribution in [0.25, 0.3) is 0 Å². The van der Waals surface area contributed by atoms with Crippen molar-refractivity contribution in [1.82, 2.24) is 15.0 Å². The summed E-state index contributed by atoms with van der Waals surface area (Å²) in [4.78, 5) is 22.9. The number of hydrogen-bond acceptors (Lipinski definition) is 6. The number of aromatic nitrogens is 3. The van der Waals surface area contributed by atoms with Gasteiger partial charge in [-0.05, 0) is 24.3 Å². The summed E-state index contributed by atoms with van der Waals surface area (Å²) in [5.74, 6) is -0.178. The van der Waals surface area contributed by atoms with Gasteiger partial charge in [0.1, 0.15) is 6.33 Å². The maximum absolute atomic E-state index is 11.7. The molecule has 0 radical (unpaired) electrons. The first kappa shape index (κ1) is 10.8. The van der Waals surface area contributed by atoms with Crippen LogP contribution >= 0.6 is 0 Å². The summed E-state index contributed by atoms with van der Waals surface area (Å²) < 4.78 is 0. The Kier molecular flexibility index (Phi) is 2.82. The number of carbonyl (C=O) groups is 1. The molecule has 0 spiro atoms. The molecular weight excluding hydrogens is 220 g/mol. The molecule has 2 aromatic rings. The van der Waals surface area contributed by atoms with Crippen molar-refractivity contribution in [2.45, 2.75) is 0 Å². The molecule has 7 nitrogen and oxygen atoms in total. The molecular formula is C10H10N6O. The molecule has 1 aromatic carbocycles. The van der Waals surface area contributed by atoms with Crippen LogP contribution in [0.3, 0.4) is 0 Å². The van der Waals surface area contributed by atoms with Crippen LogP contribution in [-0.2, 0) is 0 Å². The number of nitrogens with one attached hydrogen (secondary N) is 1. The van der Waals surface area contributed by atoms with E-state index in [0.29, 0.717) is 11.3 Å². The summed E-state index contributed by atoms with van der Waals surface area (Å²) in [6.45, 7) is 0. The second-order valence-corrected chi connectivity index (χ2v) is 3.24. The Morgan fingerprint density at radius 1 is 1.12 bits per heavy atom. The predicted molar refractivity (Wildman–Crippen MR) is 63.0 cm³/mol. The van der Waals surface area contributed by atoms with E-state index in [4.69, 9.17) is 11.5 Å². The van der Waals surface area contributed by atoms with Gasteiger partial charge in [-0.2, -0.15) is 4.98 Å². The van der Waals surface area contributed by atoms with Gasteiger partial charge in [0.2, 0.25) is 11.9 Å². The lowest BCUT2D eigenvalue weighted by atomic mass is 10.2. The molecule has 0 saturated carbocycles. The Balaban J connectivity index is 2.14. The highest BCUT2D eigenvalue weighted by Gasteiger charge is 2.07. The maximum Gasteiger partial charge on any atom is 0.258 e. The lowest BCUT2D eigenvalue weighted by molar-refractivity contribution is 0.102. The smallest absolute Gasteiger partial charge is 0.258 e. The third-order valence-corrected chi connectivity index (χ3v) is 1.99. The van der Waals surface area contributed by atoms with Gasteiger partial charge < -0.3 is 11.5 Å². The van der Waals surface area contributed by atoms with E-state index < -0.39 is 0 Å². The molecule has 1 heterocycles. The first-order valence-electron chi connectivity index (χ1n) is 4.76. The maximum atomic E-state index is 11.7. The van der Waals surface area contributed by atoms with Crippen molar-refractivity contribution in [2.24, 2.45) is 0 Å². The molecule has 1 amide bonds. The molecule has 17 heavy (non-hydrogen) atoms. The molecule has 0 atom stereocenters. The van der Waals surface area contributed by atoms with Crippen molar-refractivity contribution < 1.29 is 4.79 Å². The number of amides is 1. The third kappa shape index (κ3) is 2.65. The summed E-state index contributed by atoms with van der Waals surface area (Å²) in [5, 5.41) is 2.50. The zero-order valence-electron chi connectivity index (χ0n) is 8.79. The molecule has 0 bridgehead atoms. The molecule has 5 N–H and O–H groups in total. The fourth-order valence-electron chi connectivity index (χ4n) is 1.18. The standard InChI is InChI=1S/C10H10N6O/c11-7-3-1-6(2-4-7)8(17)15-10-14-5-13-9(12)16-10/h1-5H,11H2,(H3,12,13,14,15,16,17). The molecule has 0 fully saturated rings. The second-order valence-electron chi connectivity index (χ2n) is 3.24. The van der Waals surface area contributed by atoms with Crippen molar-refractivity contribution in [2.75, 3.05) is 16.8 Å². The van der Waals surface area contributed by atoms with Crippen LogP contribution in [0.4, 0.5) is 17.6 Å². The Morgan fingerprint density at radius 3 is 2.47 bits per heavy atom. The minimum Gasteiger partial charge on any atom is -0.399 e. The minimum absolute atomic E-state index is 0.0487. The average molecular weight is 230 g/mol. The van der Waals surface area contributed by atoms with Gasteiger partial charge in [-0.15, -0.1) is 0 Å². The normalized spacial score (nSPS) is 9.88. The van der Waals surface area contributed by atoms with E-state index in [-0.39, 0.29) is 17.8 Å². The zero-order valence-corrected chi connectivity index (χ0v) is 8.79. The number of hydrogen-bond donors (Lipinski definition) is 3. The first-order chi connectivity index (χ1) is 8.15. The highest BCUT2D eigenvalue weighted by Crippen LogP contribution is 2.07. The van der Waals surface area contributed by atoms with E-state index in [1.807, 2.05) is 0 Å². The van der Waals surface area contributed by atoms with Crippen molar-refractivity contribution in [3.8, 4) is 0 Å². The average Bonchev–Trinajstić information content (AvgIpc) is 2.29. The Labute approximate surface area is 96.9 Å². The highest BCUT2D eigenvalue weighted by molar-refractivity contribution is 6.03. The van der Waals surface area contributed by atoms with Gasteiger partial charge in [0, 0.05) is 11.3 Å². The van der Waals surface area contributed by atoms with Crippen LogP contribution < -0.4 is 16.8 Å². The van der Waals surface area contributed by atoms with E-state index in [0.717, 1.165) is 0 Å². The number of nitrogens with two attached hydrogens (primary N) is 2. The molecule has 1 aromatic heterocycles. The Bertz CT molecular complexity index is 539. The molecule has 0 aliphatic rings. The van der Waals surface area contributed by atoms with Crippen molar-refractivity contribution >= 4 is 23.5 Å². The quantitative estimate of drug-likeness (QED) is 0.638. The van der Waals surface area contributed by atoms with E-state index in [1.165, 1.54) is 6.33 Å². The van der Waals surface area contributed by atoms with Crippen molar-refractivity contribution in [3.05, 3.63) is 36.2 Å². The molecule has 0 aliphatic heterocycles. The molecule has 0 unspecified atom stereocenters. The lowest BCUT2D eigenvalue weighted by Crippen LogP contribution is -2.15. The minimum atomic E-state index is -0.337. The van der Waals surface area contributed by atoms with Crippen LogP contribution in [-0.4, -0.2) is 20.9 Å². The van der Waals surface area contributed by atoms with Crippen molar-refractivity contribution in [3.63, 3.8) is 0 Å². The van der Waals surface area contributed by atoms with Crippen molar-refractivity contribution in [1.29, 1.82) is 0 Å². The van der Waals surface area contributed by atoms with E-state index in [2.05, 4.69) is 20.3 Å². The van der Waals surface area contributed by atoms with Gasteiger partial charge in [0.15, 0.2) is 0 Å². The fourth-order valence-corrected chi connectivity index (χ4v) is 1.18.